The van der Waals surface area contributed by atoms with E-state index in [1.807, 2.05) is 32.0 Å². The topological polar surface area (TPSA) is 290 Å². The Morgan fingerprint density at radius 2 is 1.41 bits per heavy atom. The molecule has 0 spiro atoms. The van der Waals surface area contributed by atoms with E-state index in [1.54, 1.807) is 53.7 Å². The Labute approximate surface area is 431 Å². The van der Waals surface area contributed by atoms with Crippen LogP contribution in [0.15, 0.2) is 100 Å². The standard InChI is InChI=1S/C46H53N3O16S4.Na.H/c1-45(2)36-29-33(68(59,60)61)17-19-38(36)47(25-9-27-66(53,54)55)40(45)21-15-32(35-13-7-5-11-31(35)12-6-8-14-44(52)65-49-42(50)23-24-43(49)51)16-22-41-46(3,4)37-30-34(69(62,63)64)18-20-39(37)48(41)26-10-28-67(56,57)58;;/h5,7,11,13,15-22,29-30H,6,8-10,12,14,23-28H2,1-4H3,(H3-,53,54,55,56,57,58,59,60,61,62,63,64);;/q;+1;-1. The summed E-state index contributed by atoms with van der Waals surface area (Å²) < 4.78 is 139. The molecule has 24 heteroatoms. The third kappa shape index (κ3) is 13.4. The van der Waals surface area contributed by atoms with Gasteiger partial charge in [-0.05, 0) is 104 Å². The average molecular weight is 1060 g/mol. The Morgan fingerprint density at radius 1 is 0.800 bits per heavy atom. The molecule has 1 fully saturated rings. The molecule has 0 saturated carbocycles. The summed E-state index contributed by atoms with van der Waals surface area (Å²) in [7, 11) is -18.2. The normalized spacial score (nSPS) is 17.7. The molecule has 0 aliphatic carbocycles. The molecule has 0 radical (unpaired) electrons. The zero-order valence-electron chi connectivity index (χ0n) is 40.2. The van der Waals surface area contributed by atoms with E-state index in [0.29, 0.717) is 69.4 Å². The van der Waals surface area contributed by atoms with Gasteiger partial charge in [0.1, 0.15) is 16.7 Å². The molecule has 3 aliphatic rings. The first kappa shape index (κ1) is 56.5. The molecule has 3 aliphatic heterocycles. The van der Waals surface area contributed by atoms with Gasteiger partial charge in [0.15, 0.2) is 5.71 Å². The number of unbranched alkanes of at least 4 members (excludes halogenated alkanes) is 1. The maximum atomic E-state index is 12.6. The second kappa shape index (κ2) is 21.8. The molecule has 70 heavy (non-hydrogen) atoms. The van der Waals surface area contributed by atoms with Gasteiger partial charge in [-0.2, -0.15) is 29.8 Å². The summed E-state index contributed by atoms with van der Waals surface area (Å²) in [6.07, 6.45) is 8.09. The Morgan fingerprint density at radius 3 is 2.04 bits per heavy atom. The number of benzene rings is 3. The van der Waals surface area contributed by atoms with E-state index in [9.17, 15) is 66.3 Å². The van der Waals surface area contributed by atoms with Gasteiger partial charge in [0.2, 0.25) is 5.69 Å². The molecule has 2 amide bonds. The van der Waals surface area contributed by atoms with E-state index in [-0.39, 0.29) is 81.1 Å². The number of carbonyl (C=O) groups is 3. The fraction of sp³-hybridized carbons (Fsp3) is 0.391. The summed E-state index contributed by atoms with van der Waals surface area (Å²) in [5, 5.41) is 0.491. The number of fused-ring (bicyclic) bond motifs is 2. The average Bonchev–Trinajstić information content (AvgIpc) is 3.75. The first-order valence-electron chi connectivity index (χ1n) is 21.8. The van der Waals surface area contributed by atoms with Gasteiger partial charge >= 0.3 is 35.5 Å². The molecular weight excluding hydrogens is 1000 g/mol. The smallest absolute Gasteiger partial charge is 1.00 e. The van der Waals surface area contributed by atoms with Gasteiger partial charge in [0.05, 0.1) is 26.7 Å². The molecular formula is C46H54N3NaO16S4. The summed E-state index contributed by atoms with van der Waals surface area (Å²) in [4.78, 5) is 42.6. The van der Waals surface area contributed by atoms with Gasteiger partial charge in [-0.1, -0.05) is 44.2 Å². The Hall–Kier alpha value is -4.40. The number of allylic oxidation sites excluding steroid dienone is 6. The predicted octanol–water partition coefficient (Wildman–Crippen LogP) is 2.53. The maximum absolute atomic E-state index is 12.6. The molecule has 3 aromatic rings. The third-order valence-electron chi connectivity index (χ3n) is 12.3. The van der Waals surface area contributed by atoms with Crippen molar-refractivity contribution in [2.75, 3.05) is 29.5 Å². The summed E-state index contributed by atoms with van der Waals surface area (Å²) in [5.74, 6) is -3.08. The fourth-order valence-corrected chi connectivity index (χ4v) is 10.9. The van der Waals surface area contributed by atoms with Gasteiger partial charge in [-0.3, -0.25) is 23.2 Å². The minimum Gasteiger partial charge on any atom is -1.00 e. The van der Waals surface area contributed by atoms with Crippen LogP contribution in [0.5, 0.6) is 0 Å². The Bertz CT molecular complexity index is 3170. The Balaban J connectivity index is 0.00000548. The quantitative estimate of drug-likeness (QED) is 0.0366. The molecule has 0 atom stereocenters. The zero-order valence-corrected chi connectivity index (χ0v) is 44.5. The number of imide groups is 1. The SMILES string of the molecule is CC1(C)C(=CC=C(C=CC2=[N+](CCCS(=O)(=O)O)c3ccc(S(=O)(=O)[O-])cc3C2(C)C)c2ccccc2CCCCC(=O)ON2C(=O)CCC2=O)N(CCCS(=O)(=O)O)c2ccc(S(=O)(=O)O)cc21.[H-].[Na+]. The monoisotopic (exact) mass is 1060 g/mol. The molecule has 6 rings (SSSR count). The number of hydrogen-bond acceptors (Lipinski definition) is 14. The maximum Gasteiger partial charge on any atom is 1.00 e. The molecule has 19 nitrogen and oxygen atoms in total. The summed E-state index contributed by atoms with van der Waals surface area (Å²) in [6.45, 7) is 7.37. The minimum atomic E-state index is -4.88. The number of aryl methyl sites for hydroxylation is 1. The van der Waals surface area contributed by atoms with Crippen LogP contribution in [0, 0.1) is 0 Å². The first-order chi connectivity index (χ1) is 32.0. The number of amides is 2. The van der Waals surface area contributed by atoms with E-state index in [4.69, 9.17) is 4.84 Å². The molecule has 3 N–H and O–H groups in total. The van der Waals surface area contributed by atoms with Crippen molar-refractivity contribution < 1.29 is 107 Å². The molecule has 374 valence electrons. The van der Waals surface area contributed by atoms with Crippen molar-refractivity contribution in [1.82, 2.24) is 5.06 Å². The second-order valence-electron chi connectivity index (χ2n) is 17.9. The number of nitrogens with zero attached hydrogens (tertiary/aromatic N) is 3. The van der Waals surface area contributed by atoms with E-state index < -0.39 is 85.5 Å². The van der Waals surface area contributed by atoms with Crippen LogP contribution < -0.4 is 34.5 Å². The van der Waals surface area contributed by atoms with Gasteiger partial charge in [-0.15, -0.1) is 5.06 Å². The van der Waals surface area contributed by atoms with E-state index in [2.05, 4.69) is 0 Å². The van der Waals surface area contributed by atoms with Crippen LogP contribution in [0.25, 0.3) is 5.57 Å². The fourth-order valence-electron chi connectivity index (χ4n) is 8.90. The van der Waals surface area contributed by atoms with E-state index >= 15 is 0 Å². The van der Waals surface area contributed by atoms with Crippen LogP contribution in [0.4, 0.5) is 11.4 Å². The van der Waals surface area contributed by atoms with Crippen LogP contribution in [-0.4, -0.2) is 110 Å². The predicted molar refractivity (Wildman–Crippen MR) is 253 cm³/mol. The van der Waals surface area contributed by atoms with Crippen LogP contribution in [-0.2, 0) is 76.9 Å². The van der Waals surface area contributed by atoms with Crippen molar-refractivity contribution in [3.05, 3.63) is 113 Å². The molecule has 0 bridgehead atoms. The van der Waals surface area contributed by atoms with Gasteiger partial charge in [0, 0.05) is 66.7 Å². The summed E-state index contributed by atoms with van der Waals surface area (Å²) in [6, 6.07) is 15.3. The number of hydroxylamine groups is 2. The van der Waals surface area contributed by atoms with E-state index in [1.165, 1.54) is 36.4 Å². The van der Waals surface area contributed by atoms with Crippen LogP contribution in [0.3, 0.4) is 0 Å². The van der Waals surface area contributed by atoms with Gasteiger partial charge < -0.3 is 15.7 Å². The molecule has 0 aromatic heterocycles. The first-order valence-corrected chi connectivity index (χ1v) is 27.9. The van der Waals surface area contributed by atoms with Gasteiger partial charge in [0.25, 0.3) is 42.2 Å². The minimum absolute atomic E-state index is 0. The van der Waals surface area contributed by atoms with E-state index in [0.717, 1.165) is 5.56 Å². The van der Waals surface area contributed by atoms with Crippen molar-refractivity contribution in [1.29, 1.82) is 0 Å². The van der Waals surface area contributed by atoms with Crippen molar-refractivity contribution in [2.45, 2.75) is 99.7 Å². The van der Waals surface area contributed by atoms with Crippen molar-refractivity contribution in [2.24, 2.45) is 0 Å². The number of hydrogen-bond donors (Lipinski definition) is 3. The molecule has 3 heterocycles. The number of anilines is 1. The Kier molecular flexibility index (Phi) is 17.6. The largest absolute Gasteiger partial charge is 1.00 e. The third-order valence-corrected chi connectivity index (χ3v) is 15.6. The summed E-state index contributed by atoms with van der Waals surface area (Å²) in [5.41, 5.74) is 3.27. The number of carbonyl (C=O) groups excluding carboxylic acids is 3. The summed E-state index contributed by atoms with van der Waals surface area (Å²) >= 11 is 0. The molecule has 1 saturated heterocycles. The van der Waals surface area contributed by atoms with Crippen molar-refractivity contribution in [3.8, 4) is 0 Å². The number of rotatable bonds is 20. The second-order valence-corrected chi connectivity index (χ2v) is 23.9. The molecule has 3 aromatic carbocycles. The zero-order chi connectivity index (χ0) is 50.9. The van der Waals surface area contributed by atoms with Crippen molar-refractivity contribution >= 4 is 80.9 Å². The van der Waals surface area contributed by atoms with Crippen molar-refractivity contribution in [3.63, 3.8) is 0 Å². The van der Waals surface area contributed by atoms with Gasteiger partial charge in [-0.25, -0.2) is 13.2 Å². The van der Waals surface area contributed by atoms with Crippen LogP contribution in [0.1, 0.15) is 96.3 Å². The molecule has 0 unspecified atom stereocenters. The van der Waals surface area contributed by atoms with Crippen LogP contribution >= 0.6 is 0 Å². The van der Waals surface area contributed by atoms with Crippen LogP contribution in [0.2, 0.25) is 0 Å².